The summed E-state index contributed by atoms with van der Waals surface area (Å²) in [5, 5.41) is 0. The van der Waals surface area contributed by atoms with Crippen molar-refractivity contribution >= 4 is 0 Å². The Morgan fingerprint density at radius 2 is 2.00 bits per heavy atom. The van der Waals surface area contributed by atoms with Gasteiger partial charge in [0.25, 0.3) is 0 Å². The zero-order chi connectivity index (χ0) is 12.8. The van der Waals surface area contributed by atoms with Crippen molar-refractivity contribution in [3.05, 3.63) is 35.1 Å². The summed E-state index contributed by atoms with van der Waals surface area (Å²) in [6, 6.07) is 2.73. The van der Waals surface area contributed by atoms with Crippen LogP contribution in [0.4, 0.5) is 17.6 Å². The molecule has 0 saturated heterocycles. The predicted octanol–water partition coefficient (Wildman–Crippen LogP) is 3.30. The van der Waals surface area contributed by atoms with E-state index in [0.29, 0.717) is 12.5 Å². The van der Waals surface area contributed by atoms with Crippen LogP contribution in [0.1, 0.15) is 30.4 Å². The molecular weight excluding hydrogens is 234 g/mol. The molecule has 0 aromatic heterocycles. The first kappa shape index (κ1) is 12.4. The molecule has 0 amide bonds. The summed E-state index contributed by atoms with van der Waals surface area (Å²) in [6.45, 7) is 1.78. The highest BCUT2D eigenvalue weighted by atomic mass is 19.4. The van der Waals surface area contributed by atoms with Gasteiger partial charge in [0.2, 0.25) is 0 Å². The molecule has 0 bridgehead atoms. The average molecular weight is 247 g/mol. The molecule has 17 heavy (non-hydrogen) atoms. The van der Waals surface area contributed by atoms with Gasteiger partial charge in [-0.25, -0.2) is 4.39 Å². The van der Waals surface area contributed by atoms with Crippen LogP contribution in [-0.2, 0) is 6.18 Å². The molecule has 1 nitrogen and oxygen atoms in total. The highest BCUT2D eigenvalue weighted by Gasteiger charge is 2.45. The third kappa shape index (κ3) is 2.44. The van der Waals surface area contributed by atoms with Gasteiger partial charge in [-0.05, 0) is 42.9 Å². The average Bonchev–Trinajstić information content (AvgIpc) is 2.95. The van der Waals surface area contributed by atoms with E-state index in [1.807, 2.05) is 0 Å². The van der Waals surface area contributed by atoms with E-state index < -0.39 is 17.6 Å². The molecule has 1 aliphatic carbocycles. The lowest BCUT2D eigenvalue weighted by atomic mass is 10.00. The zero-order valence-corrected chi connectivity index (χ0v) is 9.26. The van der Waals surface area contributed by atoms with Crippen LogP contribution >= 0.6 is 0 Å². The first-order valence-corrected chi connectivity index (χ1v) is 5.43. The van der Waals surface area contributed by atoms with Crippen LogP contribution < -0.4 is 5.73 Å². The van der Waals surface area contributed by atoms with Crippen molar-refractivity contribution in [3.8, 4) is 0 Å². The molecule has 0 aliphatic heterocycles. The minimum Gasteiger partial charge on any atom is -0.328 e. The van der Waals surface area contributed by atoms with E-state index in [9.17, 15) is 17.6 Å². The first-order valence-electron chi connectivity index (χ1n) is 5.43. The molecule has 1 aliphatic rings. The molecule has 1 fully saturated rings. The summed E-state index contributed by atoms with van der Waals surface area (Å²) < 4.78 is 51.1. The summed E-state index contributed by atoms with van der Waals surface area (Å²) in [7, 11) is 0. The van der Waals surface area contributed by atoms with Gasteiger partial charge in [0.1, 0.15) is 5.82 Å². The van der Waals surface area contributed by atoms with Crippen molar-refractivity contribution in [2.45, 2.75) is 31.5 Å². The number of hydrogen-bond donors (Lipinski definition) is 1. The maximum atomic E-state index is 12.9. The standard InChI is InChI=1S/C12H13F4N/c1-6(17)9-5-10(9)8-3-2-7(13)4-11(8)12(14,15)16/h2-4,6,9-10H,5,17H2,1H3. The molecule has 0 heterocycles. The van der Waals surface area contributed by atoms with Gasteiger partial charge < -0.3 is 5.73 Å². The third-order valence-corrected chi connectivity index (χ3v) is 3.24. The Bertz CT molecular complexity index is 425. The van der Waals surface area contributed by atoms with E-state index in [0.717, 1.165) is 6.07 Å². The lowest BCUT2D eigenvalue weighted by molar-refractivity contribution is -0.138. The normalized spacial score (nSPS) is 25.8. The smallest absolute Gasteiger partial charge is 0.328 e. The summed E-state index contributed by atoms with van der Waals surface area (Å²) in [6.07, 6.45) is -3.87. The molecule has 3 atom stereocenters. The van der Waals surface area contributed by atoms with Gasteiger partial charge in [0.15, 0.2) is 0 Å². The molecule has 94 valence electrons. The van der Waals surface area contributed by atoms with Crippen molar-refractivity contribution < 1.29 is 17.6 Å². The van der Waals surface area contributed by atoms with Gasteiger partial charge in [0.05, 0.1) is 5.56 Å². The van der Waals surface area contributed by atoms with E-state index in [-0.39, 0.29) is 23.4 Å². The van der Waals surface area contributed by atoms with E-state index in [4.69, 9.17) is 5.73 Å². The minimum absolute atomic E-state index is 0.0709. The summed E-state index contributed by atoms with van der Waals surface area (Å²) in [5.74, 6) is -0.979. The van der Waals surface area contributed by atoms with E-state index in [1.54, 1.807) is 6.92 Å². The van der Waals surface area contributed by atoms with Crippen LogP contribution in [0.3, 0.4) is 0 Å². The van der Waals surface area contributed by atoms with Gasteiger partial charge in [-0.2, -0.15) is 13.2 Å². The molecule has 1 saturated carbocycles. The molecule has 0 radical (unpaired) electrons. The second-order valence-electron chi connectivity index (χ2n) is 4.59. The minimum atomic E-state index is -4.51. The highest BCUT2D eigenvalue weighted by Crippen LogP contribution is 2.52. The fourth-order valence-electron chi connectivity index (χ4n) is 2.25. The molecule has 2 rings (SSSR count). The number of benzene rings is 1. The van der Waals surface area contributed by atoms with Gasteiger partial charge in [-0.3, -0.25) is 0 Å². The van der Waals surface area contributed by atoms with Crippen LogP contribution in [0.5, 0.6) is 0 Å². The Morgan fingerprint density at radius 1 is 1.35 bits per heavy atom. The van der Waals surface area contributed by atoms with Crippen molar-refractivity contribution in [2.75, 3.05) is 0 Å². The Morgan fingerprint density at radius 3 is 2.47 bits per heavy atom. The quantitative estimate of drug-likeness (QED) is 0.797. The predicted molar refractivity (Wildman–Crippen MR) is 55.9 cm³/mol. The number of rotatable bonds is 2. The molecule has 5 heteroatoms. The molecule has 1 aromatic carbocycles. The SMILES string of the molecule is CC(N)C1CC1c1ccc(F)cc1C(F)(F)F. The highest BCUT2D eigenvalue weighted by molar-refractivity contribution is 5.37. The summed E-state index contributed by atoms with van der Waals surface area (Å²) in [5.41, 5.74) is 4.96. The summed E-state index contributed by atoms with van der Waals surface area (Å²) >= 11 is 0. The van der Waals surface area contributed by atoms with Crippen LogP contribution in [0.15, 0.2) is 18.2 Å². The van der Waals surface area contributed by atoms with E-state index in [2.05, 4.69) is 0 Å². The second kappa shape index (κ2) is 3.98. The van der Waals surface area contributed by atoms with Gasteiger partial charge in [0, 0.05) is 6.04 Å². The fraction of sp³-hybridized carbons (Fsp3) is 0.500. The van der Waals surface area contributed by atoms with Gasteiger partial charge >= 0.3 is 6.18 Å². The maximum absolute atomic E-state index is 12.9. The Labute approximate surface area is 96.6 Å². The fourth-order valence-corrected chi connectivity index (χ4v) is 2.25. The Balaban J connectivity index is 2.35. The summed E-state index contributed by atoms with van der Waals surface area (Å²) in [4.78, 5) is 0. The van der Waals surface area contributed by atoms with Crippen molar-refractivity contribution in [1.82, 2.24) is 0 Å². The monoisotopic (exact) mass is 247 g/mol. The van der Waals surface area contributed by atoms with Crippen molar-refractivity contribution in [3.63, 3.8) is 0 Å². The van der Waals surface area contributed by atoms with Crippen LogP contribution in [0.25, 0.3) is 0 Å². The first-order chi connectivity index (χ1) is 7.80. The van der Waals surface area contributed by atoms with Crippen LogP contribution in [0, 0.1) is 11.7 Å². The lowest BCUT2D eigenvalue weighted by Gasteiger charge is -2.13. The van der Waals surface area contributed by atoms with Gasteiger partial charge in [-0.1, -0.05) is 6.07 Å². The van der Waals surface area contributed by atoms with Gasteiger partial charge in [-0.15, -0.1) is 0 Å². The Hall–Kier alpha value is -1.10. The largest absolute Gasteiger partial charge is 0.416 e. The van der Waals surface area contributed by atoms with Crippen LogP contribution in [0.2, 0.25) is 0 Å². The number of alkyl halides is 3. The van der Waals surface area contributed by atoms with E-state index >= 15 is 0 Å². The zero-order valence-electron chi connectivity index (χ0n) is 9.26. The van der Waals surface area contributed by atoms with Crippen molar-refractivity contribution in [1.29, 1.82) is 0 Å². The van der Waals surface area contributed by atoms with Crippen molar-refractivity contribution in [2.24, 2.45) is 11.7 Å². The lowest BCUT2D eigenvalue weighted by Crippen LogP contribution is -2.18. The third-order valence-electron chi connectivity index (χ3n) is 3.24. The topological polar surface area (TPSA) is 26.0 Å². The Kier molecular flexibility index (Phi) is 2.89. The second-order valence-corrected chi connectivity index (χ2v) is 4.59. The number of hydrogen-bond acceptors (Lipinski definition) is 1. The molecule has 3 unspecified atom stereocenters. The molecular formula is C12H13F4N. The molecule has 2 N–H and O–H groups in total. The molecule has 0 spiro atoms. The van der Waals surface area contributed by atoms with Crippen LogP contribution in [-0.4, -0.2) is 6.04 Å². The maximum Gasteiger partial charge on any atom is 0.416 e. The molecule has 1 aromatic rings. The van der Waals surface area contributed by atoms with E-state index in [1.165, 1.54) is 6.07 Å². The number of halogens is 4. The number of nitrogens with two attached hydrogens (primary N) is 1.